The van der Waals surface area contributed by atoms with Crippen molar-refractivity contribution in [1.29, 1.82) is 0 Å². The Kier molecular flexibility index (Phi) is 3.51. The molecule has 0 amide bonds. The Morgan fingerprint density at radius 2 is 2.31 bits per heavy atom. The quantitative estimate of drug-likeness (QED) is 0.821. The number of piperazine rings is 1. The monoisotopic (exact) mass is 223 g/mol. The average molecular weight is 223 g/mol. The average Bonchev–Trinajstić information content (AvgIpc) is 2.24. The molecule has 0 spiro atoms. The van der Waals surface area contributed by atoms with E-state index < -0.39 is 0 Å². The first-order valence-corrected chi connectivity index (χ1v) is 5.72. The highest BCUT2D eigenvalue weighted by Gasteiger charge is 2.22. The van der Waals surface area contributed by atoms with Crippen molar-refractivity contribution in [3.63, 3.8) is 0 Å². The molecule has 1 fully saturated rings. The normalized spacial score (nSPS) is 26.9. The second-order valence-electron chi connectivity index (χ2n) is 4.60. The van der Waals surface area contributed by atoms with Gasteiger partial charge in [-0.2, -0.15) is 0 Å². The molecule has 0 radical (unpaired) electrons. The molecule has 1 saturated heterocycles. The Bertz CT molecular complexity index is 356. The zero-order valence-electron chi connectivity index (χ0n) is 9.78. The van der Waals surface area contributed by atoms with E-state index in [-0.39, 0.29) is 5.82 Å². The van der Waals surface area contributed by atoms with Crippen LogP contribution in [0.2, 0.25) is 0 Å². The van der Waals surface area contributed by atoms with Gasteiger partial charge in [-0.3, -0.25) is 9.88 Å². The topological polar surface area (TPSA) is 28.2 Å². The van der Waals surface area contributed by atoms with Crippen LogP contribution in [0.1, 0.15) is 19.4 Å². The van der Waals surface area contributed by atoms with Crippen LogP contribution < -0.4 is 5.32 Å². The summed E-state index contributed by atoms with van der Waals surface area (Å²) in [6, 6.07) is 2.55. The number of pyridine rings is 1. The first kappa shape index (κ1) is 11.5. The number of halogens is 1. The highest BCUT2D eigenvalue weighted by Crippen LogP contribution is 2.12. The summed E-state index contributed by atoms with van der Waals surface area (Å²) in [5.41, 5.74) is 0.945. The lowest BCUT2D eigenvalue weighted by Gasteiger charge is -2.37. The van der Waals surface area contributed by atoms with Crippen LogP contribution in [0.15, 0.2) is 18.5 Å². The van der Waals surface area contributed by atoms with Crippen LogP contribution in [-0.2, 0) is 6.54 Å². The van der Waals surface area contributed by atoms with E-state index in [2.05, 4.69) is 29.0 Å². The number of rotatable bonds is 2. The van der Waals surface area contributed by atoms with E-state index in [4.69, 9.17) is 0 Å². The van der Waals surface area contributed by atoms with E-state index in [9.17, 15) is 4.39 Å². The van der Waals surface area contributed by atoms with Gasteiger partial charge in [0.25, 0.3) is 0 Å². The van der Waals surface area contributed by atoms with Crippen LogP contribution in [0.3, 0.4) is 0 Å². The van der Waals surface area contributed by atoms with Gasteiger partial charge in [-0.1, -0.05) is 0 Å². The van der Waals surface area contributed by atoms with Crippen molar-refractivity contribution in [2.75, 3.05) is 13.1 Å². The summed E-state index contributed by atoms with van der Waals surface area (Å²) in [7, 11) is 0. The first-order chi connectivity index (χ1) is 7.65. The number of aromatic nitrogens is 1. The molecule has 1 aromatic rings. The molecule has 0 aliphatic carbocycles. The van der Waals surface area contributed by atoms with E-state index in [1.54, 1.807) is 12.3 Å². The van der Waals surface area contributed by atoms with Crippen molar-refractivity contribution < 1.29 is 4.39 Å². The maximum atomic E-state index is 13.0. The molecule has 1 aliphatic rings. The molecule has 88 valence electrons. The molecule has 2 heterocycles. The number of hydrogen-bond acceptors (Lipinski definition) is 3. The smallest absolute Gasteiger partial charge is 0.141 e. The molecular weight excluding hydrogens is 205 g/mol. The summed E-state index contributed by atoms with van der Waals surface area (Å²) in [6.45, 7) is 7.12. The minimum atomic E-state index is -0.256. The third kappa shape index (κ3) is 2.77. The third-order valence-electron chi connectivity index (χ3n) is 3.04. The first-order valence-electron chi connectivity index (χ1n) is 5.72. The van der Waals surface area contributed by atoms with Gasteiger partial charge in [0.2, 0.25) is 0 Å². The number of hydrogen-bond donors (Lipinski definition) is 1. The van der Waals surface area contributed by atoms with Crippen molar-refractivity contribution >= 4 is 0 Å². The zero-order valence-corrected chi connectivity index (χ0v) is 9.78. The second-order valence-corrected chi connectivity index (χ2v) is 4.60. The third-order valence-corrected chi connectivity index (χ3v) is 3.04. The number of nitrogens with zero attached hydrogens (tertiary/aromatic N) is 2. The predicted molar refractivity (Wildman–Crippen MR) is 61.5 cm³/mol. The molecule has 16 heavy (non-hydrogen) atoms. The minimum absolute atomic E-state index is 0.256. The Balaban J connectivity index is 2.02. The van der Waals surface area contributed by atoms with Gasteiger partial charge in [-0.15, -0.1) is 0 Å². The molecule has 2 atom stereocenters. The second kappa shape index (κ2) is 4.89. The molecule has 4 heteroatoms. The van der Waals surface area contributed by atoms with Crippen molar-refractivity contribution in [1.82, 2.24) is 15.2 Å². The highest BCUT2D eigenvalue weighted by molar-refractivity contribution is 5.10. The van der Waals surface area contributed by atoms with E-state index in [0.29, 0.717) is 12.1 Å². The molecule has 0 bridgehead atoms. The Labute approximate surface area is 95.7 Å². The van der Waals surface area contributed by atoms with Crippen LogP contribution in [0, 0.1) is 5.82 Å². The van der Waals surface area contributed by atoms with E-state index in [0.717, 1.165) is 25.2 Å². The molecule has 0 saturated carbocycles. The molecule has 1 aliphatic heterocycles. The van der Waals surface area contributed by atoms with Crippen LogP contribution in [0.5, 0.6) is 0 Å². The lowest BCUT2D eigenvalue weighted by molar-refractivity contribution is 0.138. The summed E-state index contributed by atoms with van der Waals surface area (Å²) < 4.78 is 13.0. The molecule has 2 unspecified atom stereocenters. The fourth-order valence-corrected chi connectivity index (χ4v) is 2.09. The van der Waals surface area contributed by atoms with Crippen molar-refractivity contribution in [3.05, 3.63) is 29.8 Å². The molecule has 3 nitrogen and oxygen atoms in total. The van der Waals surface area contributed by atoms with Crippen molar-refractivity contribution in [2.24, 2.45) is 0 Å². The Hall–Kier alpha value is -1.00. The SMILES string of the molecule is CC1CN(Cc2cncc(F)c2)C(C)CN1. The van der Waals surface area contributed by atoms with Crippen molar-refractivity contribution in [3.8, 4) is 0 Å². The summed E-state index contributed by atoms with van der Waals surface area (Å²) in [5, 5.41) is 3.43. The maximum Gasteiger partial charge on any atom is 0.141 e. The van der Waals surface area contributed by atoms with Crippen LogP contribution in [0.4, 0.5) is 4.39 Å². The van der Waals surface area contributed by atoms with Gasteiger partial charge in [0, 0.05) is 37.9 Å². The van der Waals surface area contributed by atoms with Gasteiger partial charge < -0.3 is 5.32 Å². The van der Waals surface area contributed by atoms with Gasteiger partial charge >= 0.3 is 0 Å². The maximum absolute atomic E-state index is 13.0. The molecule has 1 N–H and O–H groups in total. The molecular formula is C12H18FN3. The molecule has 1 aromatic heterocycles. The van der Waals surface area contributed by atoms with Crippen LogP contribution in [0.25, 0.3) is 0 Å². The van der Waals surface area contributed by atoms with E-state index in [1.807, 2.05) is 0 Å². The predicted octanol–water partition coefficient (Wildman–Crippen LogP) is 1.40. The number of nitrogens with one attached hydrogen (secondary N) is 1. The molecule has 2 rings (SSSR count). The van der Waals surface area contributed by atoms with Gasteiger partial charge in [-0.05, 0) is 25.5 Å². The van der Waals surface area contributed by atoms with Gasteiger partial charge in [0.1, 0.15) is 5.82 Å². The van der Waals surface area contributed by atoms with Gasteiger partial charge in [0.15, 0.2) is 0 Å². The summed E-state index contributed by atoms with van der Waals surface area (Å²) >= 11 is 0. The van der Waals surface area contributed by atoms with E-state index in [1.165, 1.54) is 6.20 Å². The molecule has 0 aromatic carbocycles. The Morgan fingerprint density at radius 1 is 1.50 bits per heavy atom. The fourth-order valence-electron chi connectivity index (χ4n) is 2.09. The van der Waals surface area contributed by atoms with Crippen LogP contribution in [-0.4, -0.2) is 35.1 Å². The fraction of sp³-hybridized carbons (Fsp3) is 0.583. The zero-order chi connectivity index (χ0) is 11.5. The summed E-state index contributed by atoms with van der Waals surface area (Å²) in [5.74, 6) is -0.256. The standard InChI is InChI=1S/C12H18FN3/c1-9-7-16(10(2)4-15-9)8-11-3-12(13)6-14-5-11/h3,5-6,9-10,15H,4,7-8H2,1-2H3. The van der Waals surface area contributed by atoms with Gasteiger partial charge in [0.05, 0.1) is 6.20 Å². The highest BCUT2D eigenvalue weighted by atomic mass is 19.1. The van der Waals surface area contributed by atoms with E-state index >= 15 is 0 Å². The van der Waals surface area contributed by atoms with Crippen molar-refractivity contribution in [2.45, 2.75) is 32.5 Å². The van der Waals surface area contributed by atoms with Crippen LogP contribution >= 0.6 is 0 Å². The summed E-state index contributed by atoms with van der Waals surface area (Å²) in [6.07, 6.45) is 2.98. The van der Waals surface area contributed by atoms with Gasteiger partial charge in [-0.25, -0.2) is 4.39 Å². The lowest BCUT2D eigenvalue weighted by atomic mass is 10.1. The largest absolute Gasteiger partial charge is 0.311 e. The summed E-state index contributed by atoms with van der Waals surface area (Å²) in [4.78, 5) is 6.24. The minimum Gasteiger partial charge on any atom is -0.311 e. The lowest BCUT2D eigenvalue weighted by Crippen LogP contribution is -2.53. The Morgan fingerprint density at radius 3 is 3.06 bits per heavy atom.